The zero-order valence-corrected chi connectivity index (χ0v) is 19.6. The number of benzene rings is 2. The summed E-state index contributed by atoms with van der Waals surface area (Å²) in [5, 5.41) is 5.26. The van der Waals surface area contributed by atoms with Gasteiger partial charge in [-0.05, 0) is 30.3 Å². The van der Waals surface area contributed by atoms with Gasteiger partial charge in [0.15, 0.2) is 5.65 Å². The maximum Gasteiger partial charge on any atom is 0.255 e. The number of nitrogens with zero attached hydrogens (tertiary/aromatic N) is 5. The third-order valence-electron chi connectivity index (χ3n) is 6.30. The standard InChI is InChI=1S/C26H26FN5O3/c1-34-21-8-7-18(24(14-21)35-2)17-32-25-19(16-29-32)13-20(15-28-25)26(33)31-11-9-30(10-12-31)23-6-4-3-5-22(23)27/h3-8,13-16H,9-12,17H2,1-2H3. The molecular weight excluding hydrogens is 449 g/mol. The van der Waals surface area contributed by atoms with Gasteiger partial charge in [0.25, 0.3) is 5.91 Å². The largest absolute Gasteiger partial charge is 0.497 e. The molecule has 2 aromatic heterocycles. The highest BCUT2D eigenvalue weighted by Crippen LogP contribution is 2.26. The molecule has 0 radical (unpaired) electrons. The summed E-state index contributed by atoms with van der Waals surface area (Å²) in [6.45, 7) is 2.65. The molecule has 0 bridgehead atoms. The van der Waals surface area contributed by atoms with Crippen LogP contribution in [0.15, 0.2) is 60.9 Å². The Labute approximate surface area is 202 Å². The lowest BCUT2D eigenvalue weighted by molar-refractivity contribution is 0.0746. The summed E-state index contributed by atoms with van der Waals surface area (Å²) in [5.41, 5.74) is 2.71. The number of anilines is 1. The summed E-state index contributed by atoms with van der Waals surface area (Å²) in [6, 6.07) is 14.2. The van der Waals surface area contributed by atoms with Crippen molar-refractivity contribution in [2.45, 2.75) is 6.54 Å². The van der Waals surface area contributed by atoms with Crippen LogP contribution in [0.3, 0.4) is 0 Å². The fourth-order valence-corrected chi connectivity index (χ4v) is 4.39. The minimum absolute atomic E-state index is 0.0860. The molecule has 1 aliphatic rings. The van der Waals surface area contributed by atoms with E-state index in [1.54, 1.807) is 48.3 Å². The fourth-order valence-electron chi connectivity index (χ4n) is 4.39. The van der Waals surface area contributed by atoms with Crippen LogP contribution < -0.4 is 14.4 Å². The number of hydrogen-bond donors (Lipinski definition) is 0. The first-order valence-corrected chi connectivity index (χ1v) is 11.4. The van der Waals surface area contributed by atoms with Gasteiger partial charge in [0.1, 0.15) is 17.3 Å². The number of hydrogen-bond acceptors (Lipinski definition) is 6. The minimum atomic E-state index is -0.244. The second-order valence-corrected chi connectivity index (χ2v) is 8.35. The molecule has 2 aromatic carbocycles. The van der Waals surface area contributed by atoms with Gasteiger partial charge in [-0.1, -0.05) is 12.1 Å². The quantitative estimate of drug-likeness (QED) is 0.424. The van der Waals surface area contributed by atoms with E-state index < -0.39 is 0 Å². The SMILES string of the molecule is COc1ccc(Cn2ncc3cc(C(=O)N4CCN(c5ccccc5F)CC4)cnc32)c(OC)c1. The third kappa shape index (κ3) is 4.49. The molecule has 35 heavy (non-hydrogen) atoms. The molecule has 3 heterocycles. The van der Waals surface area contributed by atoms with Crippen LogP contribution >= 0.6 is 0 Å². The summed E-state index contributed by atoms with van der Waals surface area (Å²) >= 11 is 0. The molecule has 0 saturated carbocycles. The Morgan fingerprint density at radius 2 is 1.80 bits per heavy atom. The molecule has 8 nitrogen and oxygen atoms in total. The maximum atomic E-state index is 14.1. The zero-order valence-electron chi connectivity index (χ0n) is 19.6. The Hall–Kier alpha value is -4.14. The number of carbonyl (C=O) groups excluding carboxylic acids is 1. The molecule has 5 rings (SSSR count). The molecule has 9 heteroatoms. The van der Waals surface area contributed by atoms with E-state index in [-0.39, 0.29) is 11.7 Å². The highest BCUT2D eigenvalue weighted by molar-refractivity contribution is 5.97. The first kappa shape index (κ1) is 22.6. The van der Waals surface area contributed by atoms with E-state index in [1.807, 2.05) is 35.2 Å². The van der Waals surface area contributed by atoms with Crippen molar-refractivity contribution in [2.24, 2.45) is 0 Å². The lowest BCUT2D eigenvalue weighted by Gasteiger charge is -2.36. The molecule has 1 aliphatic heterocycles. The smallest absolute Gasteiger partial charge is 0.255 e. The van der Waals surface area contributed by atoms with E-state index in [4.69, 9.17) is 9.47 Å². The topological polar surface area (TPSA) is 72.7 Å². The van der Waals surface area contributed by atoms with Gasteiger partial charge in [0.05, 0.1) is 38.2 Å². The normalized spacial score (nSPS) is 13.8. The van der Waals surface area contributed by atoms with Crippen molar-refractivity contribution in [1.29, 1.82) is 0 Å². The first-order valence-electron chi connectivity index (χ1n) is 11.4. The van der Waals surface area contributed by atoms with Crippen LogP contribution in [0.1, 0.15) is 15.9 Å². The number of amides is 1. The van der Waals surface area contributed by atoms with Crippen molar-refractivity contribution in [3.63, 3.8) is 0 Å². The summed E-state index contributed by atoms with van der Waals surface area (Å²) in [6.07, 6.45) is 3.31. The van der Waals surface area contributed by atoms with E-state index >= 15 is 0 Å². The molecule has 0 N–H and O–H groups in total. The monoisotopic (exact) mass is 475 g/mol. The summed E-state index contributed by atoms with van der Waals surface area (Å²) in [7, 11) is 3.23. The number of halogens is 1. The van der Waals surface area contributed by atoms with E-state index in [0.717, 1.165) is 10.9 Å². The lowest BCUT2D eigenvalue weighted by atomic mass is 10.1. The summed E-state index contributed by atoms with van der Waals surface area (Å²) < 4.78 is 26.6. The van der Waals surface area contributed by atoms with E-state index in [0.29, 0.717) is 61.1 Å². The molecule has 180 valence electrons. The highest BCUT2D eigenvalue weighted by Gasteiger charge is 2.24. The number of ether oxygens (including phenoxy) is 2. The van der Waals surface area contributed by atoms with E-state index in [9.17, 15) is 9.18 Å². The predicted molar refractivity (Wildman–Crippen MR) is 131 cm³/mol. The number of carbonyl (C=O) groups is 1. The van der Waals surface area contributed by atoms with Crippen LogP contribution in [0.25, 0.3) is 11.0 Å². The van der Waals surface area contributed by atoms with E-state index in [2.05, 4.69) is 10.1 Å². The molecule has 1 amide bonds. The number of rotatable bonds is 6. The Morgan fingerprint density at radius 1 is 1.00 bits per heavy atom. The van der Waals surface area contributed by atoms with Gasteiger partial charge in [-0.15, -0.1) is 0 Å². The van der Waals surface area contributed by atoms with Crippen LogP contribution in [-0.2, 0) is 6.54 Å². The second-order valence-electron chi connectivity index (χ2n) is 8.35. The van der Waals surface area contributed by atoms with Crippen molar-refractivity contribution in [3.8, 4) is 11.5 Å². The van der Waals surface area contributed by atoms with Gasteiger partial charge in [-0.25, -0.2) is 14.1 Å². The number of piperazine rings is 1. The van der Waals surface area contributed by atoms with Crippen molar-refractivity contribution in [1.82, 2.24) is 19.7 Å². The van der Waals surface area contributed by atoms with Crippen LogP contribution in [0.4, 0.5) is 10.1 Å². The summed E-state index contributed by atoms with van der Waals surface area (Å²) in [4.78, 5) is 21.4. The van der Waals surface area contributed by atoms with Gasteiger partial charge >= 0.3 is 0 Å². The molecule has 0 atom stereocenters. The third-order valence-corrected chi connectivity index (χ3v) is 6.30. The number of para-hydroxylation sites is 1. The van der Waals surface area contributed by atoms with E-state index in [1.165, 1.54) is 6.07 Å². The first-order chi connectivity index (χ1) is 17.1. The van der Waals surface area contributed by atoms with Crippen molar-refractivity contribution < 1.29 is 18.7 Å². The van der Waals surface area contributed by atoms with Crippen molar-refractivity contribution >= 4 is 22.6 Å². The number of pyridine rings is 1. The molecule has 1 saturated heterocycles. The Bertz CT molecular complexity index is 1360. The number of aromatic nitrogens is 3. The van der Waals surface area contributed by atoms with Crippen LogP contribution in [0, 0.1) is 5.82 Å². The minimum Gasteiger partial charge on any atom is -0.497 e. The fraction of sp³-hybridized carbons (Fsp3) is 0.269. The second kappa shape index (κ2) is 9.61. The molecule has 0 unspecified atom stereocenters. The van der Waals surface area contributed by atoms with Gasteiger partial charge in [-0.3, -0.25) is 4.79 Å². The zero-order chi connectivity index (χ0) is 24.4. The van der Waals surface area contributed by atoms with Crippen molar-refractivity contribution in [2.75, 3.05) is 45.3 Å². The van der Waals surface area contributed by atoms with Gasteiger partial charge in [-0.2, -0.15) is 5.10 Å². The van der Waals surface area contributed by atoms with Crippen molar-refractivity contribution in [3.05, 3.63) is 77.9 Å². The Morgan fingerprint density at radius 3 is 2.54 bits per heavy atom. The maximum absolute atomic E-state index is 14.1. The average molecular weight is 476 g/mol. The lowest BCUT2D eigenvalue weighted by Crippen LogP contribution is -2.49. The van der Waals surface area contributed by atoms with Gasteiger partial charge in [0.2, 0.25) is 0 Å². The molecule has 4 aromatic rings. The molecule has 0 spiro atoms. The average Bonchev–Trinajstić information content (AvgIpc) is 3.30. The Kier molecular flexibility index (Phi) is 6.22. The number of methoxy groups -OCH3 is 2. The van der Waals surface area contributed by atoms with Crippen LogP contribution in [0.5, 0.6) is 11.5 Å². The Balaban J connectivity index is 1.29. The number of fused-ring (bicyclic) bond motifs is 1. The van der Waals surface area contributed by atoms with Crippen LogP contribution in [0.2, 0.25) is 0 Å². The molecule has 0 aliphatic carbocycles. The molecular formula is C26H26FN5O3. The van der Waals surface area contributed by atoms with Crippen LogP contribution in [-0.4, -0.2) is 66.0 Å². The summed E-state index contributed by atoms with van der Waals surface area (Å²) in [5.74, 6) is 1.09. The predicted octanol–water partition coefficient (Wildman–Crippen LogP) is 3.60. The molecule has 1 fully saturated rings. The van der Waals surface area contributed by atoms with Gasteiger partial charge in [0, 0.05) is 49.4 Å². The highest BCUT2D eigenvalue weighted by atomic mass is 19.1. The van der Waals surface area contributed by atoms with Gasteiger partial charge < -0.3 is 19.3 Å².